The molecule has 0 bridgehead atoms. The van der Waals surface area contributed by atoms with Gasteiger partial charge in [0.1, 0.15) is 11.4 Å². The number of carbonyl (C=O) groups is 3. The molecule has 0 aromatic heterocycles. The number of barbiturate groups is 1. The predicted molar refractivity (Wildman–Crippen MR) is 93.0 cm³/mol. The van der Waals surface area contributed by atoms with Gasteiger partial charge in [-0.2, -0.15) is 0 Å². The summed E-state index contributed by atoms with van der Waals surface area (Å²) in [7, 11) is 0. The van der Waals surface area contributed by atoms with Gasteiger partial charge in [0, 0.05) is 4.47 Å². The van der Waals surface area contributed by atoms with Crippen LogP contribution < -0.4 is 10.6 Å². The first kappa shape index (κ1) is 17.0. The Kier molecular flexibility index (Phi) is 4.76. The van der Waals surface area contributed by atoms with Crippen molar-refractivity contribution in [2.45, 2.75) is 6.42 Å². The molecule has 0 saturated carbocycles. The van der Waals surface area contributed by atoms with Gasteiger partial charge in [-0.15, -0.1) is 0 Å². The van der Waals surface area contributed by atoms with Gasteiger partial charge < -0.3 is 0 Å². The van der Waals surface area contributed by atoms with Gasteiger partial charge in [0.15, 0.2) is 0 Å². The molecule has 1 heterocycles. The molecule has 3 rings (SSSR count). The van der Waals surface area contributed by atoms with Crippen LogP contribution in [0.15, 0.2) is 52.5 Å². The van der Waals surface area contributed by atoms with Crippen LogP contribution in [-0.2, 0) is 16.0 Å². The lowest BCUT2D eigenvalue weighted by Crippen LogP contribution is -2.51. The van der Waals surface area contributed by atoms with Crippen LogP contribution in [0.2, 0.25) is 0 Å². The molecule has 0 atom stereocenters. The van der Waals surface area contributed by atoms with Crippen molar-refractivity contribution in [2.75, 3.05) is 0 Å². The second-order valence-corrected chi connectivity index (χ2v) is 6.36. The lowest BCUT2D eigenvalue weighted by atomic mass is 9.97. The quantitative estimate of drug-likeness (QED) is 0.612. The van der Waals surface area contributed by atoms with Crippen molar-refractivity contribution < 1.29 is 18.8 Å². The average Bonchev–Trinajstić information content (AvgIpc) is 2.53. The summed E-state index contributed by atoms with van der Waals surface area (Å²) >= 11 is 3.35. The van der Waals surface area contributed by atoms with Crippen molar-refractivity contribution in [1.29, 1.82) is 0 Å². The number of hydrogen-bond donors (Lipinski definition) is 2. The van der Waals surface area contributed by atoms with Crippen molar-refractivity contribution in [3.8, 4) is 0 Å². The van der Waals surface area contributed by atoms with E-state index in [1.165, 1.54) is 18.2 Å². The third-order valence-electron chi connectivity index (χ3n) is 3.63. The SMILES string of the molecule is O=C1NC(=O)C(=Cc2cc(Br)ccc2Cc2cccc(F)c2)C(=O)N1. The van der Waals surface area contributed by atoms with Crippen molar-refractivity contribution in [3.63, 3.8) is 0 Å². The van der Waals surface area contributed by atoms with Gasteiger partial charge in [-0.05, 0) is 53.5 Å². The normalized spacial score (nSPS) is 14.2. The summed E-state index contributed by atoms with van der Waals surface area (Å²) in [5.41, 5.74) is 2.01. The zero-order chi connectivity index (χ0) is 18.0. The molecule has 0 aliphatic carbocycles. The third-order valence-corrected chi connectivity index (χ3v) is 4.13. The number of urea groups is 1. The number of carbonyl (C=O) groups excluding carboxylic acids is 3. The number of amides is 4. The van der Waals surface area contributed by atoms with Crippen LogP contribution in [0, 0.1) is 5.82 Å². The maximum absolute atomic E-state index is 13.4. The molecule has 0 spiro atoms. The zero-order valence-corrected chi connectivity index (χ0v) is 14.4. The summed E-state index contributed by atoms with van der Waals surface area (Å²) in [6.07, 6.45) is 1.84. The standard InChI is InChI=1S/C18H12BrFN2O3/c19-13-5-4-11(6-10-2-1-3-14(20)7-10)12(8-13)9-15-16(23)21-18(25)22-17(15)24/h1-5,7-9H,6H2,(H2,21,22,23,24,25). The van der Waals surface area contributed by atoms with Crippen LogP contribution in [0.5, 0.6) is 0 Å². The van der Waals surface area contributed by atoms with Gasteiger partial charge in [0.25, 0.3) is 11.8 Å². The van der Waals surface area contributed by atoms with E-state index >= 15 is 0 Å². The Morgan fingerprint density at radius 3 is 2.40 bits per heavy atom. The number of rotatable bonds is 3. The van der Waals surface area contributed by atoms with Crippen LogP contribution in [0.4, 0.5) is 9.18 Å². The largest absolute Gasteiger partial charge is 0.328 e. The fraction of sp³-hybridized carbons (Fsp3) is 0.0556. The molecule has 4 amide bonds. The van der Waals surface area contributed by atoms with Gasteiger partial charge in [-0.3, -0.25) is 20.2 Å². The van der Waals surface area contributed by atoms with Crippen molar-refractivity contribution in [2.24, 2.45) is 0 Å². The first-order valence-corrected chi connectivity index (χ1v) is 8.13. The van der Waals surface area contributed by atoms with E-state index in [2.05, 4.69) is 15.9 Å². The molecule has 5 nitrogen and oxygen atoms in total. The molecule has 2 aromatic carbocycles. The molecular weight excluding hydrogens is 391 g/mol. The fourth-order valence-electron chi connectivity index (χ4n) is 2.49. The van der Waals surface area contributed by atoms with Gasteiger partial charge in [-0.1, -0.05) is 34.1 Å². The number of benzene rings is 2. The van der Waals surface area contributed by atoms with Crippen LogP contribution in [0.1, 0.15) is 16.7 Å². The van der Waals surface area contributed by atoms with Crippen LogP contribution in [-0.4, -0.2) is 17.8 Å². The molecule has 0 unspecified atom stereocenters. The second-order valence-electron chi connectivity index (χ2n) is 5.45. The average molecular weight is 403 g/mol. The molecule has 1 aliphatic rings. The fourth-order valence-corrected chi connectivity index (χ4v) is 2.87. The van der Waals surface area contributed by atoms with E-state index < -0.39 is 17.8 Å². The Morgan fingerprint density at radius 2 is 1.72 bits per heavy atom. The maximum Gasteiger partial charge on any atom is 0.328 e. The topological polar surface area (TPSA) is 75.3 Å². The molecule has 2 aromatic rings. The van der Waals surface area contributed by atoms with Crippen LogP contribution in [0.25, 0.3) is 6.08 Å². The highest BCUT2D eigenvalue weighted by Gasteiger charge is 2.27. The van der Waals surface area contributed by atoms with Crippen molar-refractivity contribution >= 4 is 39.9 Å². The van der Waals surface area contributed by atoms with Crippen molar-refractivity contribution in [3.05, 3.63) is 75.0 Å². The van der Waals surface area contributed by atoms with E-state index in [1.54, 1.807) is 18.2 Å². The van der Waals surface area contributed by atoms with Gasteiger partial charge >= 0.3 is 6.03 Å². The van der Waals surface area contributed by atoms with E-state index in [1.807, 2.05) is 22.8 Å². The van der Waals surface area contributed by atoms with Crippen LogP contribution >= 0.6 is 15.9 Å². The Morgan fingerprint density at radius 1 is 1.00 bits per heavy atom. The molecule has 1 aliphatic heterocycles. The third kappa shape index (κ3) is 4.00. The monoisotopic (exact) mass is 402 g/mol. The summed E-state index contributed by atoms with van der Waals surface area (Å²) in [5.74, 6) is -1.85. The summed E-state index contributed by atoms with van der Waals surface area (Å²) in [4.78, 5) is 34.9. The van der Waals surface area contributed by atoms with E-state index in [9.17, 15) is 18.8 Å². The predicted octanol–water partition coefficient (Wildman–Crippen LogP) is 2.93. The molecule has 2 N–H and O–H groups in total. The summed E-state index contributed by atoms with van der Waals surface area (Å²) in [6, 6.07) is 10.8. The van der Waals surface area contributed by atoms with Gasteiger partial charge in [-0.25, -0.2) is 9.18 Å². The molecule has 0 radical (unpaired) electrons. The Hall–Kier alpha value is -2.80. The lowest BCUT2D eigenvalue weighted by Gasteiger charge is -2.15. The highest BCUT2D eigenvalue weighted by Crippen LogP contribution is 2.23. The van der Waals surface area contributed by atoms with E-state index in [-0.39, 0.29) is 11.4 Å². The Labute approximate surface area is 151 Å². The summed E-state index contributed by atoms with van der Waals surface area (Å²) in [6.45, 7) is 0. The number of halogens is 2. The molecule has 25 heavy (non-hydrogen) atoms. The van der Waals surface area contributed by atoms with E-state index in [0.29, 0.717) is 12.0 Å². The molecular formula is C18H12BrFN2O3. The zero-order valence-electron chi connectivity index (χ0n) is 12.8. The number of imide groups is 2. The second kappa shape index (κ2) is 6.98. The Bertz CT molecular complexity index is 902. The molecule has 126 valence electrons. The van der Waals surface area contributed by atoms with Crippen LogP contribution in [0.3, 0.4) is 0 Å². The number of nitrogens with one attached hydrogen (secondary N) is 2. The van der Waals surface area contributed by atoms with Crippen molar-refractivity contribution in [1.82, 2.24) is 10.6 Å². The minimum absolute atomic E-state index is 0.168. The smallest absolute Gasteiger partial charge is 0.273 e. The highest BCUT2D eigenvalue weighted by molar-refractivity contribution is 9.10. The van der Waals surface area contributed by atoms with E-state index in [0.717, 1.165) is 15.6 Å². The molecule has 7 heteroatoms. The van der Waals surface area contributed by atoms with E-state index in [4.69, 9.17) is 0 Å². The number of hydrogen-bond acceptors (Lipinski definition) is 3. The lowest BCUT2D eigenvalue weighted by molar-refractivity contribution is -0.123. The first-order chi connectivity index (χ1) is 11.9. The minimum atomic E-state index is -0.846. The maximum atomic E-state index is 13.4. The first-order valence-electron chi connectivity index (χ1n) is 7.33. The highest BCUT2D eigenvalue weighted by atomic mass is 79.9. The molecule has 1 fully saturated rings. The Balaban J connectivity index is 2.00. The summed E-state index contributed by atoms with van der Waals surface area (Å²) < 4.78 is 14.1. The van der Waals surface area contributed by atoms with Gasteiger partial charge in [0.05, 0.1) is 0 Å². The minimum Gasteiger partial charge on any atom is -0.273 e. The summed E-state index contributed by atoms with van der Waals surface area (Å²) in [5, 5.41) is 4.06. The molecule has 1 saturated heterocycles. The van der Waals surface area contributed by atoms with Gasteiger partial charge in [0.2, 0.25) is 0 Å².